The molecule has 0 unspecified atom stereocenters. The summed E-state index contributed by atoms with van der Waals surface area (Å²) < 4.78 is 5.54. The highest BCUT2D eigenvalue weighted by Crippen LogP contribution is 2.09. The molecule has 2 nitrogen and oxygen atoms in total. The standard InChI is InChI=1S/C10H19NOSi/c1-7-9(2)8-11-10(3)12-13(4,5)6/h8H,2-3,7H2,1,4-6H3/b11-8+. The number of aliphatic imine (C=N–C) groups is 1. The van der Waals surface area contributed by atoms with Crippen molar-refractivity contribution in [1.29, 1.82) is 0 Å². The third-order valence-electron chi connectivity index (χ3n) is 1.27. The van der Waals surface area contributed by atoms with Gasteiger partial charge in [-0.2, -0.15) is 0 Å². The summed E-state index contributed by atoms with van der Waals surface area (Å²) in [6.45, 7) is 15.9. The fraction of sp³-hybridized carbons (Fsp3) is 0.500. The van der Waals surface area contributed by atoms with E-state index in [-0.39, 0.29) is 0 Å². The van der Waals surface area contributed by atoms with Crippen molar-refractivity contribution in [3.05, 3.63) is 24.6 Å². The fourth-order valence-corrected chi connectivity index (χ4v) is 1.39. The number of hydrogen-bond acceptors (Lipinski definition) is 2. The van der Waals surface area contributed by atoms with Crippen molar-refractivity contribution in [3.63, 3.8) is 0 Å². The molecule has 0 aliphatic heterocycles. The highest BCUT2D eigenvalue weighted by molar-refractivity contribution is 6.70. The number of hydrogen-bond donors (Lipinski definition) is 0. The molecule has 74 valence electrons. The van der Waals surface area contributed by atoms with Gasteiger partial charge in [0.2, 0.25) is 8.32 Å². The van der Waals surface area contributed by atoms with Crippen molar-refractivity contribution in [2.24, 2.45) is 4.99 Å². The molecule has 0 aromatic rings. The zero-order chi connectivity index (χ0) is 10.5. The minimum absolute atomic E-state index is 0.494. The van der Waals surface area contributed by atoms with Crippen LogP contribution in [0.25, 0.3) is 0 Å². The lowest BCUT2D eigenvalue weighted by atomic mass is 10.3. The first kappa shape index (κ1) is 12.2. The average molecular weight is 197 g/mol. The summed E-state index contributed by atoms with van der Waals surface area (Å²) in [5.74, 6) is 0.494. The second-order valence-electron chi connectivity index (χ2n) is 3.88. The smallest absolute Gasteiger partial charge is 0.244 e. The van der Waals surface area contributed by atoms with Gasteiger partial charge >= 0.3 is 0 Å². The van der Waals surface area contributed by atoms with Gasteiger partial charge in [-0.05, 0) is 38.2 Å². The largest absolute Gasteiger partial charge is 0.532 e. The predicted molar refractivity (Wildman–Crippen MR) is 61.5 cm³/mol. The van der Waals surface area contributed by atoms with Crippen molar-refractivity contribution < 1.29 is 4.43 Å². The van der Waals surface area contributed by atoms with Crippen LogP contribution >= 0.6 is 0 Å². The predicted octanol–water partition coefficient (Wildman–Crippen LogP) is 3.35. The van der Waals surface area contributed by atoms with Crippen LogP contribution in [-0.2, 0) is 4.43 Å². The molecule has 0 aromatic heterocycles. The lowest BCUT2D eigenvalue weighted by molar-refractivity contribution is 0.421. The Morgan fingerprint density at radius 1 is 1.38 bits per heavy atom. The Balaban J connectivity index is 4.02. The zero-order valence-electron chi connectivity index (χ0n) is 9.05. The topological polar surface area (TPSA) is 21.6 Å². The second kappa shape index (κ2) is 5.02. The summed E-state index contributed by atoms with van der Waals surface area (Å²) in [7, 11) is -1.55. The van der Waals surface area contributed by atoms with E-state index in [1.807, 2.05) is 6.92 Å². The Kier molecular flexibility index (Phi) is 4.70. The van der Waals surface area contributed by atoms with Crippen LogP contribution < -0.4 is 0 Å². The maximum Gasteiger partial charge on any atom is 0.244 e. The Bertz CT molecular complexity index is 226. The number of rotatable bonds is 5. The summed E-state index contributed by atoms with van der Waals surface area (Å²) in [4.78, 5) is 4.07. The van der Waals surface area contributed by atoms with Gasteiger partial charge in [0, 0.05) is 6.21 Å². The van der Waals surface area contributed by atoms with E-state index in [9.17, 15) is 0 Å². The van der Waals surface area contributed by atoms with Crippen LogP contribution in [0.3, 0.4) is 0 Å². The molecule has 0 fully saturated rings. The molecule has 0 heterocycles. The molecule has 0 aromatic carbocycles. The molecule has 0 aliphatic carbocycles. The van der Waals surface area contributed by atoms with E-state index in [0.717, 1.165) is 12.0 Å². The zero-order valence-corrected chi connectivity index (χ0v) is 10.1. The van der Waals surface area contributed by atoms with Gasteiger partial charge in [-0.3, -0.25) is 0 Å². The van der Waals surface area contributed by atoms with E-state index < -0.39 is 8.32 Å². The highest BCUT2D eigenvalue weighted by atomic mass is 28.4. The lowest BCUT2D eigenvalue weighted by Crippen LogP contribution is -2.24. The molecule has 0 aliphatic rings. The molecule has 0 bridgehead atoms. The molecular formula is C10H19NOSi. The molecule has 0 atom stereocenters. The van der Waals surface area contributed by atoms with E-state index in [0.29, 0.717) is 5.88 Å². The minimum atomic E-state index is -1.55. The molecule has 0 saturated heterocycles. The van der Waals surface area contributed by atoms with Crippen LogP contribution in [0.2, 0.25) is 19.6 Å². The third kappa shape index (κ3) is 7.53. The Hall–Kier alpha value is -0.833. The van der Waals surface area contributed by atoms with Crippen LogP contribution in [0.1, 0.15) is 13.3 Å². The molecule has 0 rings (SSSR count). The van der Waals surface area contributed by atoms with Crippen molar-refractivity contribution in [1.82, 2.24) is 0 Å². The summed E-state index contributed by atoms with van der Waals surface area (Å²) >= 11 is 0. The van der Waals surface area contributed by atoms with Gasteiger partial charge in [0.05, 0.1) is 0 Å². The number of nitrogens with zero attached hydrogens (tertiary/aromatic N) is 1. The van der Waals surface area contributed by atoms with Crippen LogP contribution in [0.4, 0.5) is 0 Å². The molecule has 0 spiro atoms. The molecule has 3 heteroatoms. The highest BCUT2D eigenvalue weighted by Gasteiger charge is 2.15. The van der Waals surface area contributed by atoms with Crippen LogP contribution in [0.5, 0.6) is 0 Å². The quantitative estimate of drug-likeness (QED) is 0.376. The van der Waals surface area contributed by atoms with Gasteiger partial charge in [0.15, 0.2) is 5.88 Å². The molecule has 0 N–H and O–H groups in total. The van der Waals surface area contributed by atoms with E-state index in [1.54, 1.807) is 6.21 Å². The summed E-state index contributed by atoms with van der Waals surface area (Å²) in [5.41, 5.74) is 0.986. The Labute approximate surface area is 82.2 Å². The third-order valence-corrected chi connectivity index (χ3v) is 2.12. The molecule has 13 heavy (non-hydrogen) atoms. The van der Waals surface area contributed by atoms with Crippen molar-refractivity contribution in [3.8, 4) is 0 Å². The fourth-order valence-electron chi connectivity index (χ4n) is 0.634. The van der Waals surface area contributed by atoms with Gasteiger partial charge in [-0.1, -0.05) is 13.5 Å². The summed E-state index contributed by atoms with van der Waals surface area (Å²) in [6.07, 6.45) is 2.62. The average Bonchev–Trinajstić information content (AvgIpc) is 1.97. The van der Waals surface area contributed by atoms with Gasteiger partial charge in [0.1, 0.15) is 0 Å². The maximum atomic E-state index is 5.54. The van der Waals surface area contributed by atoms with Gasteiger partial charge in [0.25, 0.3) is 0 Å². The Morgan fingerprint density at radius 2 is 1.92 bits per heavy atom. The van der Waals surface area contributed by atoms with Crippen LogP contribution in [-0.4, -0.2) is 14.5 Å². The first-order valence-corrected chi connectivity index (χ1v) is 7.85. The molecule has 0 amide bonds. The molecular weight excluding hydrogens is 178 g/mol. The Morgan fingerprint density at radius 3 is 2.31 bits per heavy atom. The number of allylic oxidation sites excluding steroid dienone is 1. The molecule has 0 saturated carbocycles. The minimum Gasteiger partial charge on any atom is -0.532 e. The van der Waals surface area contributed by atoms with E-state index in [1.165, 1.54) is 0 Å². The first-order valence-electron chi connectivity index (χ1n) is 4.45. The van der Waals surface area contributed by atoms with Gasteiger partial charge < -0.3 is 4.43 Å². The van der Waals surface area contributed by atoms with Crippen molar-refractivity contribution >= 4 is 14.5 Å². The molecule has 0 radical (unpaired) electrons. The van der Waals surface area contributed by atoms with Crippen molar-refractivity contribution in [2.45, 2.75) is 33.0 Å². The summed E-state index contributed by atoms with van der Waals surface area (Å²) in [5, 5.41) is 0. The van der Waals surface area contributed by atoms with Gasteiger partial charge in [-0.25, -0.2) is 4.99 Å². The van der Waals surface area contributed by atoms with Crippen LogP contribution in [0, 0.1) is 0 Å². The second-order valence-corrected chi connectivity index (χ2v) is 8.31. The van der Waals surface area contributed by atoms with E-state index >= 15 is 0 Å². The summed E-state index contributed by atoms with van der Waals surface area (Å²) in [6, 6.07) is 0. The lowest BCUT2D eigenvalue weighted by Gasteiger charge is -2.17. The SMILES string of the molecule is C=C(/C=N/C(=C)O[Si](C)(C)C)CC. The first-order chi connectivity index (χ1) is 5.85. The van der Waals surface area contributed by atoms with Gasteiger partial charge in [-0.15, -0.1) is 0 Å². The van der Waals surface area contributed by atoms with Crippen molar-refractivity contribution in [2.75, 3.05) is 0 Å². The van der Waals surface area contributed by atoms with E-state index in [4.69, 9.17) is 4.43 Å². The normalized spacial score (nSPS) is 11.7. The van der Waals surface area contributed by atoms with Crippen LogP contribution in [0.15, 0.2) is 29.6 Å². The van der Waals surface area contributed by atoms with E-state index in [2.05, 4.69) is 37.8 Å². The monoisotopic (exact) mass is 197 g/mol. The maximum absolute atomic E-state index is 5.54.